The summed E-state index contributed by atoms with van der Waals surface area (Å²) in [6.07, 6.45) is 7.00. The molecule has 2 heterocycles. The zero-order valence-corrected chi connectivity index (χ0v) is 12.3. The minimum Gasteiger partial charge on any atom is -0.396 e. The van der Waals surface area contributed by atoms with E-state index in [1.807, 2.05) is 6.92 Å². The molecule has 0 fully saturated rings. The lowest BCUT2D eigenvalue weighted by Crippen LogP contribution is -2.12. The van der Waals surface area contributed by atoms with Gasteiger partial charge in [0.25, 0.3) is 0 Å². The van der Waals surface area contributed by atoms with Crippen LogP contribution in [-0.2, 0) is 0 Å². The highest BCUT2D eigenvalue weighted by Crippen LogP contribution is 2.10. The summed E-state index contributed by atoms with van der Waals surface area (Å²) < 4.78 is 1.72. The van der Waals surface area contributed by atoms with Crippen LogP contribution in [0.1, 0.15) is 19.8 Å². The van der Waals surface area contributed by atoms with Gasteiger partial charge in [0.05, 0.1) is 0 Å². The second kappa shape index (κ2) is 7.53. The van der Waals surface area contributed by atoms with Crippen molar-refractivity contribution in [2.45, 2.75) is 19.8 Å². The summed E-state index contributed by atoms with van der Waals surface area (Å²) in [6.45, 7) is 3.00. The fraction of sp³-hybridized carbons (Fsp3) is 0.538. The first kappa shape index (κ1) is 15.2. The number of nitrogens with zero attached hydrogens (tertiary/aromatic N) is 5. The molecule has 0 amide bonds. The van der Waals surface area contributed by atoms with E-state index in [-0.39, 0.29) is 6.61 Å². The zero-order valence-electron chi connectivity index (χ0n) is 12.3. The molecule has 2 aromatic rings. The zero-order chi connectivity index (χ0) is 15.1. The standard InChI is InChI=1S/C13H21N7O/c1-10(8-21)4-3-5-16-12-17-11(14-2)18-13(19-12)20-7-6-15-9-20/h6-7,9-10,21H,3-5,8H2,1-2H3,(H2,14,16,17,18,19). The van der Waals surface area contributed by atoms with E-state index >= 15 is 0 Å². The van der Waals surface area contributed by atoms with Gasteiger partial charge >= 0.3 is 0 Å². The molecule has 0 saturated carbocycles. The van der Waals surface area contributed by atoms with Crippen molar-refractivity contribution in [1.82, 2.24) is 24.5 Å². The predicted octanol–water partition coefficient (Wildman–Crippen LogP) is 0.919. The Morgan fingerprint density at radius 2 is 2.10 bits per heavy atom. The van der Waals surface area contributed by atoms with E-state index in [0.717, 1.165) is 19.4 Å². The first-order chi connectivity index (χ1) is 10.2. The quantitative estimate of drug-likeness (QED) is 0.622. The predicted molar refractivity (Wildman–Crippen MR) is 80.5 cm³/mol. The van der Waals surface area contributed by atoms with Crippen LogP contribution in [0.15, 0.2) is 18.7 Å². The van der Waals surface area contributed by atoms with Crippen molar-refractivity contribution in [2.75, 3.05) is 30.8 Å². The lowest BCUT2D eigenvalue weighted by molar-refractivity contribution is 0.229. The van der Waals surface area contributed by atoms with Gasteiger partial charge in [0.2, 0.25) is 17.8 Å². The molecular formula is C13H21N7O. The van der Waals surface area contributed by atoms with Gasteiger partial charge in [-0.15, -0.1) is 0 Å². The average Bonchev–Trinajstić information content (AvgIpc) is 3.05. The molecule has 8 nitrogen and oxygen atoms in total. The van der Waals surface area contributed by atoms with Gasteiger partial charge in [0, 0.05) is 32.6 Å². The van der Waals surface area contributed by atoms with Gasteiger partial charge in [-0.3, -0.25) is 4.57 Å². The number of hydrogen-bond donors (Lipinski definition) is 3. The highest BCUT2D eigenvalue weighted by molar-refractivity contribution is 5.37. The van der Waals surface area contributed by atoms with Gasteiger partial charge in [0.15, 0.2) is 0 Å². The molecular weight excluding hydrogens is 270 g/mol. The summed E-state index contributed by atoms with van der Waals surface area (Å²) >= 11 is 0. The maximum absolute atomic E-state index is 8.99. The molecule has 3 N–H and O–H groups in total. The number of hydrogen-bond acceptors (Lipinski definition) is 7. The SMILES string of the molecule is CNc1nc(NCCCC(C)CO)nc(-n2ccnc2)n1. The second-order valence-corrected chi connectivity index (χ2v) is 4.86. The van der Waals surface area contributed by atoms with Gasteiger partial charge in [-0.2, -0.15) is 15.0 Å². The molecule has 0 spiro atoms. The van der Waals surface area contributed by atoms with Crippen LogP contribution in [0, 0.1) is 5.92 Å². The van der Waals surface area contributed by atoms with E-state index in [4.69, 9.17) is 5.11 Å². The monoisotopic (exact) mass is 291 g/mol. The molecule has 114 valence electrons. The van der Waals surface area contributed by atoms with Crippen LogP contribution in [0.25, 0.3) is 5.95 Å². The van der Waals surface area contributed by atoms with Gasteiger partial charge in [-0.1, -0.05) is 6.92 Å². The third-order valence-electron chi connectivity index (χ3n) is 3.05. The van der Waals surface area contributed by atoms with Crippen LogP contribution >= 0.6 is 0 Å². The third-order valence-corrected chi connectivity index (χ3v) is 3.05. The van der Waals surface area contributed by atoms with Crippen molar-refractivity contribution >= 4 is 11.9 Å². The van der Waals surface area contributed by atoms with Crippen molar-refractivity contribution in [1.29, 1.82) is 0 Å². The number of anilines is 2. The minimum atomic E-state index is 0.223. The molecule has 2 rings (SSSR count). The average molecular weight is 291 g/mol. The molecule has 0 aliphatic carbocycles. The maximum atomic E-state index is 8.99. The molecule has 1 atom stereocenters. The molecule has 21 heavy (non-hydrogen) atoms. The summed E-state index contributed by atoms with van der Waals surface area (Å²) in [4.78, 5) is 16.9. The Hall–Kier alpha value is -2.22. The highest BCUT2D eigenvalue weighted by Gasteiger charge is 2.07. The lowest BCUT2D eigenvalue weighted by atomic mass is 10.1. The molecule has 8 heteroatoms. The Morgan fingerprint density at radius 1 is 1.29 bits per heavy atom. The number of aromatic nitrogens is 5. The fourth-order valence-corrected chi connectivity index (χ4v) is 1.79. The Balaban J connectivity index is 2.00. The number of aliphatic hydroxyl groups excluding tert-OH is 1. The summed E-state index contributed by atoms with van der Waals surface area (Å²) in [5.74, 6) is 1.85. The minimum absolute atomic E-state index is 0.223. The van der Waals surface area contributed by atoms with E-state index in [1.54, 1.807) is 30.3 Å². The van der Waals surface area contributed by atoms with Crippen molar-refractivity contribution in [3.05, 3.63) is 18.7 Å². The normalized spacial score (nSPS) is 12.1. The van der Waals surface area contributed by atoms with Crippen molar-refractivity contribution in [3.8, 4) is 5.95 Å². The largest absolute Gasteiger partial charge is 0.396 e. The van der Waals surface area contributed by atoms with Crippen LogP contribution in [0.3, 0.4) is 0 Å². The summed E-state index contributed by atoms with van der Waals surface area (Å²) in [5.41, 5.74) is 0. The molecule has 0 aromatic carbocycles. The van der Waals surface area contributed by atoms with Crippen LogP contribution in [0.4, 0.5) is 11.9 Å². The Bertz CT molecular complexity index is 543. The van der Waals surface area contributed by atoms with Gasteiger partial charge < -0.3 is 15.7 Å². The van der Waals surface area contributed by atoms with Crippen molar-refractivity contribution in [3.63, 3.8) is 0 Å². The van der Waals surface area contributed by atoms with Crippen LogP contribution in [0.5, 0.6) is 0 Å². The highest BCUT2D eigenvalue weighted by atomic mass is 16.3. The topological polar surface area (TPSA) is 101 Å². The van der Waals surface area contributed by atoms with E-state index in [1.165, 1.54) is 0 Å². The summed E-state index contributed by atoms with van der Waals surface area (Å²) in [5, 5.41) is 15.1. The first-order valence-corrected chi connectivity index (χ1v) is 7.00. The maximum Gasteiger partial charge on any atom is 0.241 e. The number of imidazole rings is 1. The van der Waals surface area contributed by atoms with E-state index in [9.17, 15) is 0 Å². The van der Waals surface area contributed by atoms with Gasteiger partial charge in [-0.25, -0.2) is 4.98 Å². The molecule has 1 unspecified atom stereocenters. The lowest BCUT2D eigenvalue weighted by Gasteiger charge is -2.10. The fourth-order valence-electron chi connectivity index (χ4n) is 1.79. The molecule has 0 bridgehead atoms. The Kier molecular flexibility index (Phi) is 5.44. The molecule has 0 aliphatic rings. The second-order valence-electron chi connectivity index (χ2n) is 4.86. The van der Waals surface area contributed by atoms with Crippen molar-refractivity contribution in [2.24, 2.45) is 5.92 Å². The number of aliphatic hydroxyl groups is 1. The van der Waals surface area contributed by atoms with Crippen LogP contribution < -0.4 is 10.6 Å². The molecule has 0 saturated heterocycles. The number of rotatable bonds is 8. The van der Waals surface area contributed by atoms with Gasteiger partial charge in [0.1, 0.15) is 6.33 Å². The Morgan fingerprint density at radius 3 is 2.76 bits per heavy atom. The van der Waals surface area contributed by atoms with E-state index < -0.39 is 0 Å². The molecule has 2 aromatic heterocycles. The van der Waals surface area contributed by atoms with Gasteiger partial charge in [-0.05, 0) is 18.8 Å². The molecule has 0 aliphatic heterocycles. The van der Waals surface area contributed by atoms with E-state index in [2.05, 4.69) is 30.6 Å². The van der Waals surface area contributed by atoms with Crippen LogP contribution in [-0.4, -0.2) is 49.8 Å². The molecule has 0 radical (unpaired) electrons. The van der Waals surface area contributed by atoms with Crippen LogP contribution in [0.2, 0.25) is 0 Å². The third kappa shape index (κ3) is 4.38. The smallest absolute Gasteiger partial charge is 0.241 e. The van der Waals surface area contributed by atoms with Crippen molar-refractivity contribution < 1.29 is 5.11 Å². The first-order valence-electron chi connectivity index (χ1n) is 7.00. The van der Waals surface area contributed by atoms with E-state index in [0.29, 0.717) is 23.8 Å². The number of nitrogens with one attached hydrogen (secondary N) is 2. The summed E-state index contributed by atoms with van der Waals surface area (Å²) in [7, 11) is 1.76. The Labute approximate surface area is 123 Å². The summed E-state index contributed by atoms with van der Waals surface area (Å²) in [6, 6.07) is 0.